The Labute approximate surface area is 134 Å². The molecule has 1 unspecified atom stereocenters. The van der Waals surface area contributed by atoms with E-state index in [4.69, 9.17) is 4.74 Å². The van der Waals surface area contributed by atoms with Gasteiger partial charge in [-0.3, -0.25) is 0 Å². The molecule has 0 aromatic carbocycles. The Bertz CT molecular complexity index is 240. The molecule has 1 rings (SSSR count). The summed E-state index contributed by atoms with van der Waals surface area (Å²) in [6.45, 7) is 9.97. The molecule has 1 nitrogen and oxygen atoms in total. The van der Waals surface area contributed by atoms with Gasteiger partial charge in [-0.05, 0) is 39.0 Å². The Kier molecular flexibility index (Phi) is 9.64. The van der Waals surface area contributed by atoms with Crippen molar-refractivity contribution in [1.82, 2.24) is 0 Å². The van der Waals surface area contributed by atoms with Gasteiger partial charge in [-0.15, -0.1) is 0 Å². The van der Waals surface area contributed by atoms with Gasteiger partial charge in [-0.1, -0.05) is 77.6 Å². The van der Waals surface area contributed by atoms with E-state index in [-0.39, 0.29) is 5.60 Å². The Morgan fingerprint density at radius 2 is 1.52 bits per heavy atom. The van der Waals surface area contributed by atoms with Crippen LogP contribution in [0.4, 0.5) is 0 Å². The van der Waals surface area contributed by atoms with E-state index in [9.17, 15) is 0 Å². The highest BCUT2D eigenvalue weighted by Gasteiger charge is 2.36. The van der Waals surface area contributed by atoms with Crippen LogP contribution in [0.1, 0.15) is 105 Å². The van der Waals surface area contributed by atoms with Crippen LogP contribution in [0.15, 0.2) is 0 Å². The number of ether oxygens (including phenoxy) is 1. The van der Waals surface area contributed by atoms with E-state index in [0.717, 1.165) is 18.4 Å². The summed E-state index contributed by atoms with van der Waals surface area (Å²) in [7, 11) is 0. The fraction of sp³-hybridized carbons (Fsp3) is 1.00. The Hall–Kier alpha value is -0.0400. The maximum atomic E-state index is 6.14. The van der Waals surface area contributed by atoms with E-state index in [2.05, 4.69) is 27.7 Å². The van der Waals surface area contributed by atoms with Crippen LogP contribution in [0.2, 0.25) is 0 Å². The molecule has 1 aliphatic rings. The summed E-state index contributed by atoms with van der Waals surface area (Å²) in [6.07, 6.45) is 17.1. The SMILES string of the molecule is CCCCCCCCC(C1CCCCC1)C(C)(C)OCC. The fourth-order valence-electron chi connectivity index (χ4n) is 4.31. The molecule has 0 bridgehead atoms. The standard InChI is InChI=1S/C20H40O/c1-5-7-8-9-10-14-17-19(20(3,4)21-6-2)18-15-12-11-13-16-18/h18-19H,5-17H2,1-4H3. The van der Waals surface area contributed by atoms with Crippen LogP contribution in [0, 0.1) is 11.8 Å². The second kappa shape index (κ2) is 10.6. The van der Waals surface area contributed by atoms with Gasteiger partial charge >= 0.3 is 0 Å². The molecule has 0 heterocycles. The zero-order chi connectivity index (χ0) is 15.6. The van der Waals surface area contributed by atoms with E-state index in [1.165, 1.54) is 77.0 Å². The lowest BCUT2D eigenvalue weighted by atomic mass is 9.71. The summed E-state index contributed by atoms with van der Waals surface area (Å²) in [6, 6.07) is 0. The maximum absolute atomic E-state index is 6.14. The van der Waals surface area contributed by atoms with Gasteiger partial charge in [0.05, 0.1) is 5.60 Å². The molecule has 1 heteroatoms. The van der Waals surface area contributed by atoms with Gasteiger partial charge < -0.3 is 4.74 Å². The number of rotatable bonds is 11. The van der Waals surface area contributed by atoms with E-state index < -0.39 is 0 Å². The van der Waals surface area contributed by atoms with Crippen LogP contribution in [0.25, 0.3) is 0 Å². The van der Waals surface area contributed by atoms with Gasteiger partial charge in [-0.2, -0.15) is 0 Å². The van der Waals surface area contributed by atoms with Crippen LogP contribution >= 0.6 is 0 Å². The molecule has 1 aliphatic carbocycles. The third-order valence-electron chi connectivity index (χ3n) is 5.50. The highest BCUT2D eigenvalue weighted by Crippen LogP contribution is 2.40. The summed E-state index contributed by atoms with van der Waals surface area (Å²) in [5.74, 6) is 1.68. The minimum absolute atomic E-state index is 0.0696. The summed E-state index contributed by atoms with van der Waals surface area (Å²) >= 11 is 0. The summed E-state index contributed by atoms with van der Waals surface area (Å²) in [5, 5.41) is 0. The van der Waals surface area contributed by atoms with Crippen LogP contribution in [-0.2, 0) is 4.74 Å². The summed E-state index contributed by atoms with van der Waals surface area (Å²) < 4.78 is 6.14. The normalized spacial score (nSPS) is 18.9. The average molecular weight is 297 g/mol. The zero-order valence-corrected chi connectivity index (χ0v) is 15.3. The molecule has 0 amide bonds. The topological polar surface area (TPSA) is 9.23 Å². The van der Waals surface area contributed by atoms with Gasteiger partial charge in [0.1, 0.15) is 0 Å². The second-order valence-electron chi connectivity index (χ2n) is 7.60. The number of hydrogen-bond donors (Lipinski definition) is 0. The van der Waals surface area contributed by atoms with E-state index in [1.807, 2.05) is 0 Å². The predicted octanol–water partition coefficient (Wildman–Crippen LogP) is 6.75. The smallest absolute Gasteiger partial charge is 0.0657 e. The molecule has 0 aromatic rings. The Morgan fingerprint density at radius 1 is 0.905 bits per heavy atom. The van der Waals surface area contributed by atoms with Crippen molar-refractivity contribution in [3.63, 3.8) is 0 Å². The van der Waals surface area contributed by atoms with E-state index >= 15 is 0 Å². The molecule has 1 fully saturated rings. The van der Waals surface area contributed by atoms with Gasteiger partial charge in [0, 0.05) is 6.61 Å². The highest BCUT2D eigenvalue weighted by molar-refractivity contribution is 4.86. The van der Waals surface area contributed by atoms with Crippen LogP contribution in [-0.4, -0.2) is 12.2 Å². The van der Waals surface area contributed by atoms with Crippen molar-refractivity contribution in [2.24, 2.45) is 11.8 Å². The van der Waals surface area contributed by atoms with Crippen molar-refractivity contribution in [3.05, 3.63) is 0 Å². The van der Waals surface area contributed by atoms with Crippen molar-refractivity contribution in [3.8, 4) is 0 Å². The summed E-state index contributed by atoms with van der Waals surface area (Å²) in [5.41, 5.74) is 0.0696. The Morgan fingerprint density at radius 3 is 2.14 bits per heavy atom. The van der Waals surface area contributed by atoms with Gasteiger partial charge in [-0.25, -0.2) is 0 Å². The minimum Gasteiger partial charge on any atom is -0.376 e. The molecule has 0 radical (unpaired) electrons. The lowest BCUT2D eigenvalue weighted by molar-refractivity contribution is -0.0805. The van der Waals surface area contributed by atoms with E-state index in [0.29, 0.717) is 0 Å². The largest absolute Gasteiger partial charge is 0.376 e. The maximum Gasteiger partial charge on any atom is 0.0657 e. The van der Waals surface area contributed by atoms with Crippen LogP contribution < -0.4 is 0 Å². The summed E-state index contributed by atoms with van der Waals surface area (Å²) in [4.78, 5) is 0. The van der Waals surface area contributed by atoms with Crippen LogP contribution in [0.3, 0.4) is 0 Å². The second-order valence-corrected chi connectivity index (χ2v) is 7.60. The molecule has 0 spiro atoms. The predicted molar refractivity (Wildman–Crippen MR) is 93.8 cm³/mol. The Balaban J connectivity index is 2.43. The number of hydrogen-bond acceptors (Lipinski definition) is 1. The molecule has 0 aromatic heterocycles. The van der Waals surface area contributed by atoms with E-state index in [1.54, 1.807) is 0 Å². The highest BCUT2D eigenvalue weighted by atomic mass is 16.5. The molecule has 126 valence electrons. The molecule has 0 saturated heterocycles. The lowest BCUT2D eigenvalue weighted by Crippen LogP contribution is -2.40. The monoisotopic (exact) mass is 296 g/mol. The quantitative estimate of drug-likeness (QED) is 0.383. The average Bonchev–Trinajstić information content (AvgIpc) is 2.47. The first-order chi connectivity index (χ1) is 10.1. The molecule has 0 N–H and O–H groups in total. The van der Waals surface area contributed by atoms with Gasteiger partial charge in [0.2, 0.25) is 0 Å². The zero-order valence-electron chi connectivity index (χ0n) is 15.3. The molecular formula is C20H40O. The molecule has 0 aliphatic heterocycles. The van der Waals surface area contributed by atoms with Crippen molar-refractivity contribution < 1.29 is 4.74 Å². The molecular weight excluding hydrogens is 256 g/mol. The lowest BCUT2D eigenvalue weighted by Gasteiger charge is -2.41. The first kappa shape index (κ1) is 19.0. The van der Waals surface area contributed by atoms with Gasteiger partial charge in [0.25, 0.3) is 0 Å². The van der Waals surface area contributed by atoms with Gasteiger partial charge in [0.15, 0.2) is 0 Å². The van der Waals surface area contributed by atoms with Crippen molar-refractivity contribution in [2.75, 3.05) is 6.61 Å². The fourth-order valence-corrected chi connectivity index (χ4v) is 4.31. The molecule has 1 atom stereocenters. The van der Waals surface area contributed by atoms with Crippen molar-refractivity contribution >= 4 is 0 Å². The molecule has 1 saturated carbocycles. The first-order valence-electron chi connectivity index (χ1n) is 9.75. The molecule has 21 heavy (non-hydrogen) atoms. The third-order valence-corrected chi connectivity index (χ3v) is 5.50. The minimum atomic E-state index is 0.0696. The number of unbranched alkanes of at least 4 members (excludes halogenated alkanes) is 5. The van der Waals surface area contributed by atoms with Crippen molar-refractivity contribution in [1.29, 1.82) is 0 Å². The van der Waals surface area contributed by atoms with Crippen LogP contribution in [0.5, 0.6) is 0 Å². The van der Waals surface area contributed by atoms with Crippen molar-refractivity contribution in [2.45, 2.75) is 110 Å². The first-order valence-corrected chi connectivity index (χ1v) is 9.75. The third kappa shape index (κ3) is 7.17.